The normalized spacial score (nSPS) is 12.5. The quantitative estimate of drug-likeness (QED) is 0.744. The lowest BCUT2D eigenvalue weighted by molar-refractivity contribution is 0.667. The molecule has 0 saturated carbocycles. The molecule has 1 nitrogen and oxygen atoms in total. The molecule has 0 spiro atoms. The van der Waals surface area contributed by atoms with Gasteiger partial charge in [-0.05, 0) is 23.5 Å². The summed E-state index contributed by atoms with van der Waals surface area (Å²) < 4.78 is 0. The van der Waals surface area contributed by atoms with Crippen LogP contribution in [0.15, 0.2) is 24.3 Å². The van der Waals surface area contributed by atoms with Crippen LogP contribution in [0.2, 0.25) is 0 Å². The molecule has 80 valence electrons. The minimum absolute atomic E-state index is 0.0715. The molecule has 0 bridgehead atoms. The topological polar surface area (TPSA) is 26.0 Å². The molecule has 0 aliphatic heterocycles. The van der Waals surface area contributed by atoms with Gasteiger partial charge >= 0.3 is 0 Å². The van der Waals surface area contributed by atoms with E-state index in [1.54, 1.807) is 0 Å². The molecule has 1 aromatic carbocycles. The lowest BCUT2D eigenvalue weighted by Gasteiger charge is -2.12. The van der Waals surface area contributed by atoms with Crippen molar-refractivity contribution in [2.45, 2.75) is 38.6 Å². The summed E-state index contributed by atoms with van der Waals surface area (Å²) in [6, 6.07) is 8.58. The highest BCUT2D eigenvalue weighted by Gasteiger charge is 2.05. The molecule has 1 heteroatoms. The maximum absolute atomic E-state index is 6.01. The van der Waals surface area contributed by atoms with E-state index in [4.69, 9.17) is 12.2 Å². The van der Waals surface area contributed by atoms with Crippen molar-refractivity contribution >= 4 is 0 Å². The van der Waals surface area contributed by atoms with E-state index in [-0.39, 0.29) is 6.04 Å². The smallest absolute Gasteiger partial charge is 0.0303 e. The lowest BCUT2D eigenvalue weighted by atomic mass is 9.97. The molecule has 0 heterocycles. The average Bonchev–Trinajstić information content (AvgIpc) is 2.26. The number of terminal acetylenes is 1. The summed E-state index contributed by atoms with van der Waals surface area (Å²) in [5.41, 5.74) is 8.54. The summed E-state index contributed by atoms with van der Waals surface area (Å²) in [7, 11) is 0. The van der Waals surface area contributed by atoms with Crippen molar-refractivity contribution in [2.75, 3.05) is 0 Å². The van der Waals surface area contributed by atoms with Gasteiger partial charge in [-0.3, -0.25) is 0 Å². The number of hydrogen-bond donors (Lipinski definition) is 1. The standard InChI is InChI=1S/C14H19N/c1-4-5-6-14(15)13-9-7-12(8-10-13)11(2)3/h1,7-11,14H,5-6,15H2,2-3H3. The molecule has 0 radical (unpaired) electrons. The van der Waals surface area contributed by atoms with E-state index in [0.717, 1.165) is 12.8 Å². The second kappa shape index (κ2) is 5.58. The summed E-state index contributed by atoms with van der Waals surface area (Å²) in [6.45, 7) is 4.38. The number of benzene rings is 1. The van der Waals surface area contributed by atoms with Crippen LogP contribution >= 0.6 is 0 Å². The molecule has 0 aliphatic carbocycles. The van der Waals surface area contributed by atoms with Gasteiger partial charge in [-0.25, -0.2) is 0 Å². The Balaban J connectivity index is 2.67. The van der Waals surface area contributed by atoms with Crippen molar-refractivity contribution in [1.82, 2.24) is 0 Å². The van der Waals surface area contributed by atoms with Crippen LogP contribution in [-0.4, -0.2) is 0 Å². The Morgan fingerprint density at radius 1 is 1.20 bits per heavy atom. The van der Waals surface area contributed by atoms with Gasteiger partial charge in [0.05, 0.1) is 0 Å². The van der Waals surface area contributed by atoms with Gasteiger partial charge in [0.15, 0.2) is 0 Å². The zero-order valence-corrected chi connectivity index (χ0v) is 9.53. The van der Waals surface area contributed by atoms with E-state index in [9.17, 15) is 0 Å². The Bertz CT molecular complexity index is 329. The predicted octanol–water partition coefficient (Wildman–Crippen LogP) is 3.22. The van der Waals surface area contributed by atoms with Crippen LogP contribution < -0.4 is 5.73 Å². The van der Waals surface area contributed by atoms with Crippen molar-refractivity contribution in [3.8, 4) is 12.3 Å². The Hall–Kier alpha value is -1.26. The van der Waals surface area contributed by atoms with E-state index in [1.807, 2.05) is 0 Å². The van der Waals surface area contributed by atoms with Gasteiger partial charge in [0.2, 0.25) is 0 Å². The van der Waals surface area contributed by atoms with Gasteiger partial charge in [-0.2, -0.15) is 0 Å². The molecule has 0 saturated heterocycles. The van der Waals surface area contributed by atoms with Crippen LogP contribution in [0.3, 0.4) is 0 Å². The third-order valence-electron chi connectivity index (χ3n) is 2.63. The minimum atomic E-state index is 0.0715. The van der Waals surface area contributed by atoms with Crippen molar-refractivity contribution in [2.24, 2.45) is 5.73 Å². The highest BCUT2D eigenvalue weighted by molar-refractivity contribution is 5.26. The van der Waals surface area contributed by atoms with Gasteiger partial charge in [0.1, 0.15) is 0 Å². The van der Waals surface area contributed by atoms with Gasteiger partial charge in [0.25, 0.3) is 0 Å². The third kappa shape index (κ3) is 3.42. The molecule has 0 aromatic heterocycles. The van der Waals surface area contributed by atoms with Crippen LogP contribution in [0, 0.1) is 12.3 Å². The number of rotatable bonds is 4. The predicted molar refractivity (Wildman–Crippen MR) is 65.5 cm³/mol. The molecule has 1 unspecified atom stereocenters. The Labute approximate surface area is 92.7 Å². The second-order valence-corrected chi connectivity index (χ2v) is 4.17. The Kier molecular flexibility index (Phi) is 4.39. The molecule has 0 aliphatic rings. The third-order valence-corrected chi connectivity index (χ3v) is 2.63. The van der Waals surface area contributed by atoms with Crippen molar-refractivity contribution in [1.29, 1.82) is 0 Å². The van der Waals surface area contributed by atoms with Gasteiger partial charge in [-0.15, -0.1) is 12.3 Å². The van der Waals surface area contributed by atoms with Gasteiger partial charge in [0, 0.05) is 12.5 Å². The highest BCUT2D eigenvalue weighted by atomic mass is 14.6. The Morgan fingerprint density at radius 2 is 1.73 bits per heavy atom. The fourth-order valence-electron chi connectivity index (χ4n) is 1.53. The maximum atomic E-state index is 6.01. The highest BCUT2D eigenvalue weighted by Crippen LogP contribution is 2.19. The first-order valence-corrected chi connectivity index (χ1v) is 5.44. The maximum Gasteiger partial charge on any atom is 0.0303 e. The SMILES string of the molecule is C#CCCC(N)c1ccc(C(C)C)cc1. The van der Waals surface area contributed by atoms with Crippen LogP contribution in [0.4, 0.5) is 0 Å². The molecule has 2 N–H and O–H groups in total. The molecule has 0 fully saturated rings. The first kappa shape index (κ1) is 11.8. The molecule has 0 amide bonds. The first-order chi connectivity index (χ1) is 7.15. The number of hydrogen-bond acceptors (Lipinski definition) is 1. The first-order valence-electron chi connectivity index (χ1n) is 5.44. The molecule has 1 atom stereocenters. The molecule has 15 heavy (non-hydrogen) atoms. The van der Waals surface area contributed by atoms with Crippen LogP contribution in [0.5, 0.6) is 0 Å². The minimum Gasteiger partial charge on any atom is -0.324 e. The van der Waals surface area contributed by atoms with Crippen LogP contribution in [-0.2, 0) is 0 Å². The second-order valence-electron chi connectivity index (χ2n) is 4.17. The Morgan fingerprint density at radius 3 is 2.20 bits per heavy atom. The van der Waals surface area contributed by atoms with Gasteiger partial charge in [-0.1, -0.05) is 38.1 Å². The lowest BCUT2D eigenvalue weighted by Crippen LogP contribution is -2.09. The van der Waals surface area contributed by atoms with Crippen molar-refractivity contribution in [3.05, 3.63) is 35.4 Å². The summed E-state index contributed by atoms with van der Waals surface area (Å²) in [4.78, 5) is 0. The number of nitrogens with two attached hydrogens (primary N) is 1. The average molecular weight is 201 g/mol. The van der Waals surface area contributed by atoms with E-state index in [2.05, 4.69) is 44.0 Å². The summed E-state index contributed by atoms with van der Waals surface area (Å²) >= 11 is 0. The van der Waals surface area contributed by atoms with Crippen molar-refractivity contribution in [3.63, 3.8) is 0 Å². The molecular formula is C14H19N. The fourth-order valence-corrected chi connectivity index (χ4v) is 1.53. The molecule has 1 rings (SSSR count). The summed E-state index contributed by atoms with van der Waals surface area (Å²) in [5.74, 6) is 3.19. The van der Waals surface area contributed by atoms with E-state index >= 15 is 0 Å². The molecule has 1 aromatic rings. The fraction of sp³-hybridized carbons (Fsp3) is 0.429. The van der Waals surface area contributed by atoms with E-state index in [1.165, 1.54) is 11.1 Å². The van der Waals surface area contributed by atoms with Crippen molar-refractivity contribution < 1.29 is 0 Å². The molecular weight excluding hydrogens is 182 g/mol. The van der Waals surface area contributed by atoms with E-state index < -0.39 is 0 Å². The monoisotopic (exact) mass is 201 g/mol. The van der Waals surface area contributed by atoms with Gasteiger partial charge < -0.3 is 5.73 Å². The van der Waals surface area contributed by atoms with Crippen LogP contribution in [0.1, 0.15) is 49.8 Å². The van der Waals surface area contributed by atoms with Crippen LogP contribution in [0.25, 0.3) is 0 Å². The zero-order chi connectivity index (χ0) is 11.3. The zero-order valence-electron chi connectivity index (χ0n) is 9.53. The summed E-state index contributed by atoms with van der Waals surface area (Å²) in [5, 5.41) is 0. The summed E-state index contributed by atoms with van der Waals surface area (Å²) in [6.07, 6.45) is 6.81. The van der Waals surface area contributed by atoms with E-state index in [0.29, 0.717) is 5.92 Å². The largest absolute Gasteiger partial charge is 0.324 e.